The molecule has 4 rings (SSSR count). The van der Waals surface area contributed by atoms with E-state index in [-0.39, 0.29) is 18.2 Å². The maximum atomic E-state index is 9.57. The van der Waals surface area contributed by atoms with Gasteiger partial charge in [0, 0.05) is 25.8 Å². The van der Waals surface area contributed by atoms with Gasteiger partial charge < -0.3 is 28.8 Å². The smallest absolute Gasteiger partial charge is 0.257 e. The summed E-state index contributed by atoms with van der Waals surface area (Å²) in [6.07, 6.45) is 3.50. The van der Waals surface area contributed by atoms with Gasteiger partial charge in [0.25, 0.3) is 5.88 Å². The Morgan fingerprint density at radius 3 is 2.66 bits per heavy atom. The van der Waals surface area contributed by atoms with Gasteiger partial charge in [0.15, 0.2) is 0 Å². The Bertz CT molecular complexity index is 1120. The van der Waals surface area contributed by atoms with E-state index >= 15 is 0 Å². The number of anilines is 2. The Hall–Kier alpha value is -3.20. The lowest BCUT2D eigenvalue weighted by atomic mass is 10.3. The van der Waals surface area contributed by atoms with Gasteiger partial charge in [0.2, 0.25) is 5.95 Å². The van der Waals surface area contributed by atoms with Crippen LogP contribution in [0.4, 0.5) is 11.6 Å². The lowest BCUT2D eigenvalue weighted by Crippen LogP contribution is -2.38. The number of aromatic nitrogens is 5. The molecule has 4 heterocycles. The molecule has 3 aromatic rings. The summed E-state index contributed by atoms with van der Waals surface area (Å²) in [6.45, 7) is 6.02. The molecule has 170 valence electrons. The van der Waals surface area contributed by atoms with Gasteiger partial charge in [-0.05, 0) is 19.9 Å². The van der Waals surface area contributed by atoms with Crippen LogP contribution in [0.15, 0.2) is 18.5 Å². The largest absolute Gasteiger partial charge is 0.467 e. The zero-order chi connectivity index (χ0) is 22.7. The molecule has 11 heteroatoms. The van der Waals surface area contributed by atoms with Crippen molar-refractivity contribution in [3.05, 3.63) is 24.2 Å². The fourth-order valence-electron chi connectivity index (χ4n) is 3.57. The van der Waals surface area contributed by atoms with Gasteiger partial charge in [-0.25, -0.2) is 4.98 Å². The summed E-state index contributed by atoms with van der Waals surface area (Å²) in [5, 5.41) is 18.1. The molecule has 1 fully saturated rings. The molecule has 1 aliphatic rings. The fraction of sp³-hybridized carbons (Fsp3) is 0.524. The summed E-state index contributed by atoms with van der Waals surface area (Å²) in [7, 11) is 3.29. The molecule has 11 nitrogen and oxygen atoms in total. The molecule has 3 aromatic heterocycles. The van der Waals surface area contributed by atoms with Crippen molar-refractivity contribution < 1.29 is 18.9 Å². The van der Waals surface area contributed by atoms with Gasteiger partial charge in [-0.1, -0.05) is 0 Å². The molecule has 0 aromatic carbocycles. The first-order valence-electron chi connectivity index (χ1n) is 10.4. The normalized spacial score (nSPS) is 15.8. The predicted molar refractivity (Wildman–Crippen MR) is 116 cm³/mol. The van der Waals surface area contributed by atoms with Gasteiger partial charge in [0.05, 0.1) is 44.7 Å². The van der Waals surface area contributed by atoms with Crippen molar-refractivity contribution >= 4 is 22.7 Å². The van der Waals surface area contributed by atoms with Crippen LogP contribution in [0.5, 0.6) is 5.88 Å². The Balaban J connectivity index is 1.67. The Morgan fingerprint density at radius 1 is 1.25 bits per heavy atom. The van der Waals surface area contributed by atoms with Crippen LogP contribution in [0.1, 0.15) is 31.6 Å². The Kier molecular flexibility index (Phi) is 6.55. The third-order valence-electron chi connectivity index (χ3n) is 5.23. The van der Waals surface area contributed by atoms with Crippen LogP contribution in [0, 0.1) is 11.3 Å². The molecule has 0 saturated carbocycles. The van der Waals surface area contributed by atoms with Crippen LogP contribution in [0.25, 0.3) is 11.0 Å². The number of ether oxygens (including phenoxy) is 4. The van der Waals surface area contributed by atoms with Crippen molar-refractivity contribution in [2.45, 2.75) is 32.0 Å². The Labute approximate surface area is 185 Å². The molecule has 2 unspecified atom stereocenters. The summed E-state index contributed by atoms with van der Waals surface area (Å²) in [5.74, 6) is 0.824. The van der Waals surface area contributed by atoms with Crippen molar-refractivity contribution in [3.63, 3.8) is 0 Å². The highest BCUT2D eigenvalue weighted by Crippen LogP contribution is 2.30. The minimum atomic E-state index is -0.0648. The molecule has 0 spiro atoms. The number of nitriles is 1. The molecular weight excluding hydrogens is 414 g/mol. The molecule has 0 radical (unpaired) electrons. The van der Waals surface area contributed by atoms with Crippen LogP contribution < -0.4 is 10.1 Å². The molecule has 0 amide bonds. The minimum Gasteiger partial charge on any atom is -0.467 e. The number of nitrogens with one attached hydrogen (secondary N) is 1. The van der Waals surface area contributed by atoms with E-state index in [1.165, 1.54) is 0 Å². The van der Waals surface area contributed by atoms with Crippen molar-refractivity contribution in [1.29, 1.82) is 5.26 Å². The maximum Gasteiger partial charge on any atom is 0.257 e. The molecule has 0 bridgehead atoms. The van der Waals surface area contributed by atoms with E-state index in [9.17, 15) is 5.26 Å². The SMILES string of the molecule is COCC(C)n1cc(Nc2ncc3cc(C#N)n(C(C)COC)c3n2)c(OC2COC2)n1. The van der Waals surface area contributed by atoms with Gasteiger partial charge in [-0.3, -0.25) is 4.68 Å². The molecule has 0 aliphatic carbocycles. The number of fused-ring (bicyclic) bond motifs is 1. The third-order valence-corrected chi connectivity index (χ3v) is 5.23. The topological polar surface area (TPSA) is 121 Å². The van der Waals surface area contributed by atoms with E-state index in [0.717, 1.165) is 5.39 Å². The second-order valence-electron chi connectivity index (χ2n) is 7.82. The first-order valence-corrected chi connectivity index (χ1v) is 10.4. The molecule has 1 N–H and O–H groups in total. The maximum absolute atomic E-state index is 9.57. The minimum absolute atomic E-state index is 0.0178. The standard InChI is InChI=1S/C21H27N7O4/c1-13(9-29-3)27-8-18(20(26-27)32-17-11-31-12-17)24-21-23-7-15-5-16(6-22)28(19(15)25-21)14(2)10-30-4/h5,7-8,13-14,17H,9-12H2,1-4H3,(H,23,24,25). The van der Waals surface area contributed by atoms with E-state index < -0.39 is 0 Å². The lowest BCUT2D eigenvalue weighted by Gasteiger charge is -2.26. The van der Waals surface area contributed by atoms with E-state index in [0.29, 0.717) is 55.3 Å². The molecule has 1 aliphatic heterocycles. The molecule has 32 heavy (non-hydrogen) atoms. The average Bonchev–Trinajstić information content (AvgIpc) is 3.32. The highest BCUT2D eigenvalue weighted by molar-refractivity contribution is 5.79. The second-order valence-corrected chi connectivity index (χ2v) is 7.82. The number of rotatable bonds is 10. The monoisotopic (exact) mass is 441 g/mol. The lowest BCUT2D eigenvalue weighted by molar-refractivity contribution is -0.0813. The fourth-order valence-corrected chi connectivity index (χ4v) is 3.57. The van der Waals surface area contributed by atoms with E-state index in [4.69, 9.17) is 18.9 Å². The summed E-state index contributed by atoms with van der Waals surface area (Å²) in [6, 6.07) is 3.96. The quantitative estimate of drug-likeness (QED) is 0.505. The zero-order valence-corrected chi connectivity index (χ0v) is 18.6. The summed E-state index contributed by atoms with van der Waals surface area (Å²) < 4.78 is 25.4. The van der Waals surface area contributed by atoms with Gasteiger partial charge in [0.1, 0.15) is 29.2 Å². The van der Waals surface area contributed by atoms with E-state index in [1.54, 1.807) is 31.2 Å². The number of nitrogens with zero attached hydrogens (tertiary/aromatic N) is 6. The summed E-state index contributed by atoms with van der Waals surface area (Å²) in [5.41, 5.74) is 1.80. The molecular formula is C21H27N7O4. The van der Waals surface area contributed by atoms with Crippen LogP contribution in [0.2, 0.25) is 0 Å². The van der Waals surface area contributed by atoms with Crippen molar-refractivity contribution in [3.8, 4) is 11.9 Å². The van der Waals surface area contributed by atoms with Crippen molar-refractivity contribution in [2.75, 3.05) is 46.0 Å². The zero-order valence-electron chi connectivity index (χ0n) is 18.6. The van der Waals surface area contributed by atoms with E-state index in [2.05, 4.69) is 26.5 Å². The summed E-state index contributed by atoms with van der Waals surface area (Å²) >= 11 is 0. The Morgan fingerprint density at radius 2 is 2.00 bits per heavy atom. The first kappa shape index (κ1) is 22.0. The summed E-state index contributed by atoms with van der Waals surface area (Å²) in [4.78, 5) is 9.10. The van der Waals surface area contributed by atoms with Crippen LogP contribution >= 0.6 is 0 Å². The molecule has 2 atom stereocenters. The van der Waals surface area contributed by atoms with Crippen LogP contribution in [-0.2, 0) is 14.2 Å². The highest BCUT2D eigenvalue weighted by Gasteiger charge is 2.25. The van der Waals surface area contributed by atoms with Gasteiger partial charge >= 0.3 is 0 Å². The third kappa shape index (κ3) is 4.38. The number of methoxy groups -OCH3 is 2. The molecule has 1 saturated heterocycles. The van der Waals surface area contributed by atoms with Crippen LogP contribution in [-0.4, -0.2) is 71.1 Å². The van der Waals surface area contributed by atoms with Crippen LogP contribution in [0.3, 0.4) is 0 Å². The predicted octanol–water partition coefficient (Wildman–Crippen LogP) is 2.44. The van der Waals surface area contributed by atoms with Crippen molar-refractivity contribution in [1.82, 2.24) is 24.3 Å². The van der Waals surface area contributed by atoms with E-state index in [1.807, 2.05) is 24.6 Å². The number of hydrogen-bond donors (Lipinski definition) is 1. The second kappa shape index (κ2) is 9.52. The van der Waals surface area contributed by atoms with Crippen molar-refractivity contribution in [2.24, 2.45) is 0 Å². The van der Waals surface area contributed by atoms with Gasteiger partial charge in [-0.2, -0.15) is 10.2 Å². The van der Waals surface area contributed by atoms with Gasteiger partial charge in [-0.15, -0.1) is 5.10 Å². The first-order chi connectivity index (χ1) is 15.5. The average molecular weight is 441 g/mol. The highest BCUT2D eigenvalue weighted by atomic mass is 16.6. The number of hydrogen-bond acceptors (Lipinski definition) is 9.